The van der Waals surface area contributed by atoms with E-state index in [1.165, 1.54) is 11.1 Å². The second kappa shape index (κ2) is 4.43. The van der Waals surface area contributed by atoms with Gasteiger partial charge < -0.3 is 5.73 Å². The van der Waals surface area contributed by atoms with Gasteiger partial charge >= 0.3 is 0 Å². The van der Waals surface area contributed by atoms with E-state index in [0.717, 1.165) is 23.1 Å². The predicted octanol–water partition coefficient (Wildman–Crippen LogP) is 3.48. The lowest BCUT2D eigenvalue weighted by Crippen LogP contribution is -2.03. The first-order valence-electron chi connectivity index (χ1n) is 6.53. The van der Waals surface area contributed by atoms with Crippen molar-refractivity contribution < 1.29 is 0 Å². The van der Waals surface area contributed by atoms with Gasteiger partial charge in [0.05, 0.1) is 16.7 Å². The molecular weight excluding hydrogens is 234 g/mol. The molecule has 0 spiro atoms. The van der Waals surface area contributed by atoms with Crippen molar-refractivity contribution in [2.75, 3.05) is 5.73 Å². The van der Waals surface area contributed by atoms with E-state index in [0.29, 0.717) is 5.95 Å². The first kappa shape index (κ1) is 11.8. The van der Waals surface area contributed by atoms with E-state index in [1.54, 1.807) is 0 Å². The Kier molecular flexibility index (Phi) is 2.75. The summed E-state index contributed by atoms with van der Waals surface area (Å²) in [5.74, 6) is 0.543. The molecule has 1 heterocycles. The molecule has 0 aliphatic rings. The van der Waals surface area contributed by atoms with Crippen molar-refractivity contribution >= 4 is 17.0 Å². The molecule has 0 radical (unpaired) electrons. The molecule has 0 unspecified atom stereocenters. The van der Waals surface area contributed by atoms with Crippen LogP contribution in [0.5, 0.6) is 0 Å². The summed E-state index contributed by atoms with van der Waals surface area (Å²) in [6.07, 6.45) is 0.973. The fourth-order valence-electron chi connectivity index (χ4n) is 2.49. The number of nitrogen functional groups attached to an aromatic ring is 1. The summed E-state index contributed by atoms with van der Waals surface area (Å²) in [5, 5.41) is 0. The summed E-state index contributed by atoms with van der Waals surface area (Å²) in [4.78, 5) is 4.47. The average Bonchev–Trinajstić information content (AvgIpc) is 2.73. The van der Waals surface area contributed by atoms with Gasteiger partial charge in [0.2, 0.25) is 5.95 Å². The van der Waals surface area contributed by atoms with Crippen LogP contribution in [0.15, 0.2) is 42.5 Å². The maximum Gasteiger partial charge on any atom is 0.205 e. The van der Waals surface area contributed by atoms with E-state index in [4.69, 9.17) is 5.73 Å². The Bertz CT molecular complexity index is 741. The van der Waals surface area contributed by atoms with Crippen molar-refractivity contribution in [2.45, 2.75) is 20.3 Å². The first-order valence-corrected chi connectivity index (χ1v) is 6.53. The van der Waals surface area contributed by atoms with Crippen LogP contribution in [-0.2, 0) is 6.42 Å². The van der Waals surface area contributed by atoms with E-state index < -0.39 is 0 Å². The van der Waals surface area contributed by atoms with Crippen molar-refractivity contribution in [1.82, 2.24) is 9.55 Å². The van der Waals surface area contributed by atoms with Crippen LogP contribution in [0.1, 0.15) is 18.1 Å². The molecule has 0 bridgehead atoms. The molecule has 2 aromatic carbocycles. The number of aromatic nitrogens is 2. The van der Waals surface area contributed by atoms with Gasteiger partial charge in [-0.05, 0) is 42.7 Å². The van der Waals surface area contributed by atoms with E-state index in [9.17, 15) is 0 Å². The zero-order chi connectivity index (χ0) is 13.4. The Morgan fingerprint density at radius 1 is 1.16 bits per heavy atom. The van der Waals surface area contributed by atoms with Gasteiger partial charge in [0, 0.05) is 0 Å². The van der Waals surface area contributed by atoms with Crippen molar-refractivity contribution in [3.8, 4) is 5.69 Å². The molecule has 3 rings (SSSR count). The van der Waals surface area contributed by atoms with Gasteiger partial charge in [0.15, 0.2) is 0 Å². The molecule has 2 N–H and O–H groups in total. The van der Waals surface area contributed by atoms with Gasteiger partial charge in [0.1, 0.15) is 0 Å². The van der Waals surface area contributed by atoms with Crippen LogP contribution in [0, 0.1) is 6.92 Å². The SMILES string of the molecule is CCc1ccccc1-n1c(N)nc2cc(C)ccc21. The van der Waals surface area contributed by atoms with Crippen LogP contribution in [-0.4, -0.2) is 9.55 Å². The number of nitrogens with zero attached hydrogens (tertiary/aromatic N) is 2. The van der Waals surface area contributed by atoms with Gasteiger partial charge in [-0.1, -0.05) is 31.2 Å². The van der Waals surface area contributed by atoms with Crippen molar-refractivity contribution in [3.63, 3.8) is 0 Å². The standard InChI is InChI=1S/C16H17N3/c1-3-12-6-4-5-7-14(12)19-15-9-8-11(2)10-13(15)18-16(19)17/h4-10H,3H2,1-2H3,(H2,17,18). The summed E-state index contributed by atoms with van der Waals surface area (Å²) >= 11 is 0. The number of benzene rings is 2. The number of anilines is 1. The zero-order valence-electron chi connectivity index (χ0n) is 11.2. The highest BCUT2D eigenvalue weighted by Gasteiger charge is 2.12. The minimum Gasteiger partial charge on any atom is -0.369 e. The molecule has 3 aromatic rings. The molecule has 0 saturated carbocycles. The van der Waals surface area contributed by atoms with Gasteiger partial charge in [0.25, 0.3) is 0 Å². The third-order valence-electron chi connectivity index (χ3n) is 3.45. The second-order valence-corrected chi connectivity index (χ2v) is 4.78. The van der Waals surface area contributed by atoms with E-state index in [1.807, 2.05) is 10.6 Å². The molecule has 19 heavy (non-hydrogen) atoms. The molecule has 0 atom stereocenters. The van der Waals surface area contributed by atoms with Gasteiger partial charge in [-0.2, -0.15) is 0 Å². The highest BCUT2D eigenvalue weighted by molar-refractivity contribution is 5.81. The molecule has 3 nitrogen and oxygen atoms in total. The molecule has 0 saturated heterocycles. The number of aryl methyl sites for hydroxylation is 2. The summed E-state index contributed by atoms with van der Waals surface area (Å²) in [6, 6.07) is 14.6. The lowest BCUT2D eigenvalue weighted by Gasteiger charge is -2.11. The van der Waals surface area contributed by atoms with E-state index in [-0.39, 0.29) is 0 Å². The molecule has 3 heteroatoms. The highest BCUT2D eigenvalue weighted by Crippen LogP contribution is 2.26. The molecule has 0 aliphatic heterocycles. The van der Waals surface area contributed by atoms with Gasteiger partial charge in [-0.25, -0.2) is 4.98 Å². The van der Waals surface area contributed by atoms with Crippen LogP contribution in [0.3, 0.4) is 0 Å². The van der Waals surface area contributed by atoms with Crippen LogP contribution in [0.2, 0.25) is 0 Å². The third kappa shape index (κ3) is 1.87. The van der Waals surface area contributed by atoms with Crippen LogP contribution >= 0.6 is 0 Å². The Hall–Kier alpha value is -2.29. The number of nitrogens with two attached hydrogens (primary N) is 1. The normalized spacial score (nSPS) is 11.1. The van der Waals surface area contributed by atoms with Crippen molar-refractivity contribution in [3.05, 3.63) is 53.6 Å². The summed E-state index contributed by atoms with van der Waals surface area (Å²) in [5.41, 5.74) is 11.7. The van der Waals surface area contributed by atoms with E-state index in [2.05, 4.69) is 55.2 Å². The third-order valence-corrected chi connectivity index (χ3v) is 3.45. The average molecular weight is 251 g/mol. The molecule has 0 aliphatic carbocycles. The smallest absolute Gasteiger partial charge is 0.205 e. The highest BCUT2D eigenvalue weighted by atomic mass is 15.2. The summed E-state index contributed by atoms with van der Waals surface area (Å²) in [7, 11) is 0. The number of imidazole rings is 1. The van der Waals surface area contributed by atoms with Crippen LogP contribution in [0.4, 0.5) is 5.95 Å². The maximum absolute atomic E-state index is 6.11. The molecule has 1 aromatic heterocycles. The predicted molar refractivity (Wildman–Crippen MR) is 79.6 cm³/mol. The van der Waals surface area contributed by atoms with E-state index >= 15 is 0 Å². The topological polar surface area (TPSA) is 43.8 Å². The van der Waals surface area contributed by atoms with Crippen LogP contribution in [0.25, 0.3) is 16.7 Å². The summed E-state index contributed by atoms with van der Waals surface area (Å²) < 4.78 is 2.04. The quantitative estimate of drug-likeness (QED) is 0.757. The van der Waals surface area contributed by atoms with Crippen molar-refractivity contribution in [2.24, 2.45) is 0 Å². The Morgan fingerprint density at radius 3 is 2.74 bits per heavy atom. The lowest BCUT2D eigenvalue weighted by atomic mass is 10.1. The van der Waals surface area contributed by atoms with Crippen molar-refractivity contribution in [1.29, 1.82) is 0 Å². The molecule has 0 amide bonds. The number of hydrogen-bond donors (Lipinski definition) is 1. The number of rotatable bonds is 2. The van der Waals surface area contributed by atoms with Gasteiger partial charge in [-0.3, -0.25) is 4.57 Å². The Morgan fingerprint density at radius 2 is 1.95 bits per heavy atom. The minimum atomic E-state index is 0.543. The fourth-order valence-corrected chi connectivity index (χ4v) is 2.49. The molecular formula is C16H17N3. The summed E-state index contributed by atoms with van der Waals surface area (Å²) in [6.45, 7) is 4.22. The number of para-hydroxylation sites is 1. The Labute approximate surface area is 112 Å². The van der Waals surface area contributed by atoms with Crippen LogP contribution < -0.4 is 5.73 Å². The molecule has 96 valence electrons. The molecule has 0 fully saturated rings. The number of fused-ring (bicyclic) bond motifs is 1. The maximum atomic E-state index is 6.11. The Balaban J connectivity index is 2.33. The largest absolute Gasteiger partial charge is 0.369 e. The fraction of sp³-hybridized carbons (Fsp3) is 0.188. The minimum absolute atomic E-state index is 0.543. The zero-order valence-corrected chi connectivity index (χ0v) is 11.2. The van der Waals surface area contributed by atoms with Gasteiger partial charge in [-0.15, -0.1) is 0 Å². The first-order chi connectivity index (χ1) is 9.20. The number of hydrogen-bond acceptors (Lipinski definition) is 2. The second-order valence-electron chi connectivity index (χ2n) is 4.78. The lowest BCUT2D eigenvalue weighted by molar-refractivity contribution is 1.04. The monoisotopic (exact) mass is 251 g/mol.